The Morgan fingerprint density at radius 2 is 2.00 bits per heavy atom. The van der Waals surface area contributed by atoms with E-state index in [2.05, 4.69) is 9.97 Å². The lowest BCUT2D eigenvalue weighted by atomic mass is 10.1. The van der Waals surface area contributed by atoms with E-state index in [1.165, 1.54) is 12.3 Å². The van der Waals surface area contributed by atoms with Crippen LogP contribution in [0.5, 0.6) is 0 Å². The molecule has 0 aliphatic carbocycles. The van der Waals surface area contributed by atoms with Crippen molar-refractivity contribution in [3.63, 3.8) is 0 Å². The van der Waals surface area contributed by atoms with Gasteiger partial charge in [-0.3, -0.25) is 0 Å². The lowest BCUT2D eigenvalue weighted by molar-refractivity contribution is -0.137. The Bertz CT molecular complexity index is 488. The summed E-state index contributed by atoms with van der Waals surface area (Å²) in [5.74, 6) is -0.935. The van der Waals surface area contributed by atoms with E-state index >= 15 is 0 Å². The van der Waals surface area contributed by atoms with Gasteiger partial charge in [-0.2, -0.15) is 17.6 Å². The molecule has 0 amide bonds. The number of aromatic amines is 1. The van der Waals surface area contributed by atoms with Gasteiger partial charge in [0, 0.05) is 18.1 Å². The van der Waals surface area contributed by atoms with Crippen molar-refractivity contribution in [1.29, 1.82) is 0 Å². The topological polar surface area (TPSA) is 28.7 Å². The number of H-pyrrole nitrogens is 1. The van der Waals surface area contributed by atoms with Gasteiger partial charge in [0.25, 0.3) is 0 Å². The molecule has 2 nitrogen and oxygen atoms in total. The number of nitrogens with one attached hydrogen (secondary N) is 1. The van der Waals surface area contributed by atoms with Crippen LogP contribution in [0, 0.1) is 5.95 Å². The van der Waals surface area contributed by atoms with Crippen LogP contribution in [0.4, 0.5) is 17.6 Å². The molecule has 0 saturated carbocycles. The van der Waals surface area contributed by atoms with Crippen LogP contribution < -0.4 is 0 Å². The highest BCUT2D eigenvalue weighted by atomic mass is 19.4. The zero-order valence-electron chi connectivity index (χ0n) is 7.85. The molecule has 1 N–H and O–H groups in total. The molecular weight excluding hydrogens is 224 g/mol. The fourth-order valence-corrected chi connectivity index (χ4v) is 1.29. The number of nitrogens with zero attached hydrogens (tertiary/aromatic N) is 1. The van der Waals surface area contributed by atoms with Crippen LogP contribution in [0.25, 0.3) is 11.3 Å². The predicted molar refractivity (Wildman–Crippen MR) is 49.0 cm³/mol. The first-order valence-corrected chi connectivity index (χ1v) is 4.35. The molecule has 0 aromatic carbocycles. The third-order valence-electron chi connectivity index (χ3n) is 2.05. The second-order valence-corrected chi connectivity index (χ2v) is 3.14. The summed E-state index contributed by atoms with van der Waals surface area (Å²) in [5, 5.41) is 0. The second-order valence-electron chi connectivity index (χ2n) is 3.14. The maximum atomic E-state index is 13.2. The molecule has 84 valence electrons. The van der Waals surface area contributed by atoms with Crippen molar-refractivity contribution in [2.24, 2.45) is 0 Å². The zero-order chi connectivity index (χ0) is 11.8. The predicted octanol–water partition coefficient (Wildman–Crippen LogP) is 3.23. The van der Waals surface area contributed by atoms with Crippen LogP contribution in [-0.4, -0.2) is 9.97 Å². The van der Waals surface area contributed by atoms with Crippen LogP contribution in [0.15, 0.2) is 30.6 Å². The molecule has 16 heavy (non-hydrogen) atoms. The zero-order valence-corrected chi connectivity index (χ0v) is 7.85. The van der Waals surface area contributed by atoms with Gasteiger partial charge in [-0.1, -0.05) is 0 Å². The van der Waals surface area contributed by atoms with Crippen LogP contribution in [0.3, 0.4) is 0 Å². The van der Waals surface area contributed by atoms with Gasteiger partial charge >= 0.3 is 6.18 Å². The van der Waals surface area contributed by atoms with Gasteiger partial charge in [-0.25, -0.2) is 4.98 Å². The van der Waals surface area contributed by atoms with Crippen molar-refractivity contribution in [3.8, 4) is 11.3 Å². The minimum Gasteiger partial charge on any atom is -0.361 e. The molecule has 0 spiro atoms. The molecule has 0 radical (unpaired) electrons. The Kier molecular flexibility index (Phi) is 2.41. The summed E-state index contributed by atoms with van der Waals surface area (Å²) >= 11 is 0. The third kappa shape index (κ3) is 1.91. The molecule has 6 heteroatoms. The first kappa shape index (κ1) is 10.7. The number of halogens is 4. The Labute approximate surface area is 87.9 Å². The van der Waals surface area contributed by atoms with Gasteiger partial charge in [0.05, 0.1) is 11.1 Å². The molecule has 2 aromatic heterocycles. The summed E-state index contributed by atoms with van der Waals surface area (Å²) in [7, 11) is 0. The van der Waals surface area contributed by atoms with Crippen molar-refractivity contribution in [1.82, 2.24) is 9.97 Å². The molecule has 0 atom stereocenters. The molecule has 0 aliphatic heterocycles. The van der Waals surface area contributed by atoms with Gasteiger partial charge in [0.1, 0.15) is 0 Å². The van der Waals surface area contributed by atoms with Crippen molar-refractivity contribution in [2.75, 3.05) is 0 Å². The summed E-state index contributed by atoms with van der Waals surface area (Å²) in [6, 6.07) is 3.77. The first-order valence-electron chi connectivity index (χ1n) is 4.35. The Hall–Kier alpha value is -1.85. The van der Waals surface area contributed by atoms with E-state index in [9.17, 15) is 17.6 Å². The van der Waals surface area contributed by atoms with Gasteiger partial charge in [0.2, 0.25) is 5.95 Å². The summed E-state index contributed by atoms with van der Waals surface area (Å²) in [6.45, 7) is 0. The van der Waals surface area contributed by atoms with Gasteiger partial charge < -0.3 is 4.98 Å². The highest BCUT2D eigenvalue weighted by Crippen LogP contribution is 2.31. The quantitative estimate of drug-likeness (QED) is 0.591. The van der Waals surface area contributed by atoms with Crippen LogP contribution in [0.1, 0.15) is 5.56 Å². The number of pyridine rings is 1. The summed E-state index contributed by atoms with van der Waals surface area (Å²) in [5.41, 5.74) is -0.908. The van der Waals surface area contributed by atoms with Crippen molar-refractivity contribution < 1.29 is 17.6 Å². The van der Waals surface area contributed by atoms with Crippen LogP contribution in [-0.2, 0) is 6.18 Å². The summed E-state index contributed by atoms with van der Waals surface area (Å²) in [4.78, 5) is 5.72. The molecule has 0 aliphatic rings. The fourth-order valence-electron chi connectivity index (χ4n) is 1.29. The number of alkyl halides is 3. The highest BCUT2D eigenvalue weighted by molar-refractivity contribution is 5.59. The van der Waals surface area contributed by atoms with Gasteiger partial charge in [0.15, 0.2) is 0 Å². The summed E-state index contributed by atoms with van der Waals surface area (Å²) < 4.78 is 50.3. The lowest BCUT2D eigenvalue weighted by Crippen LogP contribution is -2.06. The Morgan fingerprint density at radius 3 is 2.56 bits per heavy atom. The number of aromatic nitrogens is 2. The molecule has 2 heterocycles. The molecule has 0 bridgehead atoms. The van der Waals surface area contributed by atoms with Crippen molar-refractivity contribution >= 4 is 0 Å². The van der Waals surface area contributed by atoms with E-state index < -0.39 is 17.7 Å². The molecule has 0 fully saturated rings. The summed E-state index contributed by atoms with van der Waals surface area (Å²) in [6.07, 6.45) is -2.56. The highest BCUT2D eigenvalue weighted by Gasteiger charge is 2.32. The maximum Gasteiger partial charge on any atom is 0.417 e. The average Bonchev–Trinajstić information content (AvgIpc) is 2.69. The minimum atomic E-state index is -4.53. The SMILES string of the molecule is Fc1ncc(C(F)(F)F)cc1-c1ccc[nH]1. The van der Waals surface area contributed by atoms with E-state index in [0.717, 1.165) is 6.07 Å². The van der Waals surface area contributed by atoms with Crippen molar-refractivity contribution in [2.45, 2.75) is 6.18 Å². The number of rotatable bonds is 1. The molecular formula is C10H6F4N2. The van der Waals surface area contributed by atoms with Gasteiger partial charge in [-0.05, 0) is 18.2 Å². The second kappa shape index (κ2) is 3.62. The Morgan fingerprint density at radius 1 is 1.25 bits per heavy atom. The minimum absolute atomic E-state index is 0.195. The molecule has 2 rings (SSSR count). The monoisotopic (exact) mass is 230 g/mol. The molecule has 0 saturated heterocycles. The van der Waals surface area contributed by atoms with Gasteiger partial charge in [-0.15, -0.1) is 0 Å². The number of hydrogen-bond acceptors (Lipinski definition) is 1. The van der Waals surface area contributed by atoms with E-state index in [4.69, 9.17) is 0 Å². The Balaban J connectivity index is 2.54. The fraction of sp³-hybridized carbons (Fsp3) is 0.100. The van der Waals surface area contributed by atoms with E-state index in [1.54, 1.807) is 6.07 Å². The molecule has 2 aromatic rings. The standard InChI is InChI=1S/C10H6F4N2/c11-9-7(8-2-1-3-15-8)4-6(5-16-9)10(12,13)14/h1-5,15H. The lowest BCUT2D eigenvalue weighted by Gasteiger charge is -2.07. The van der Waals surface area contributed by atoms with Crippen molar-refractivity contribution in [3.05, 3.63) is 42.1 Å². The first-order chi connectivity index (χ1) is 7.48. The number of hydrogen-bond donors (Lipinski definition) is 1. The average molecular weight is 230 g/mol. The smallest absolute Gasteiger partial charge is 0.361 e. The molecule has 0 unspecified atom stereocenters. The van der Waals surface area contributed by atoms with Crippen LogP contribution >= 0.6 is 0 Å². The van der Waals surface area contributed by atoms with E-state index in [-0.39, 0.29) is 11.3 Å². The normalized spacial score (nSPS) is 11.8. The van der Waals surface area contributed by atoms with E-state index in [1.807, 2.05) is 0 Å². The maximum absolute atomic E-state index is 13.2. The van der Waals surface area contributed by atoms with E-state index in [0.29, 0.717) is 6.20 Å². The third-order valence-corrected chi connectivity index (χ3v) is 2.05. The van der Waals surface area contributed by atoms with Crippen LogP contribution in [0.2, 0.25) is 0 Å². The largest absolute Gasteiger partial charge is 0.417 e.